The van der Waals surface area contributed by atoms with Gasteiger partial charge in [0.05, 0.1) is 0 Å². The van der Waals surface area contributed by atoms with Gasteiger partial charge in [0.1, 0.15) is 11.9 Å². The van der Waals surface area contributed by atoms with Crippen LogP contribution in [-0.4, -0.2) is 30.9 Å². The first-order chi connectivity index (χ1) is 7.79. The van der Waals surface area contributed by atoms with Crippen molar-refractivity contribution in [1.82, 2.24) is 5.32 Å². The average Bonchev–Trinajstić information content (AvgIpc) is 2.66. The molecule has 0 saturated heterocycles. The molecule has 1 atom stereocenters. The van der Waals surface area contributed by atoms with Crippen LogP contribution in [0.4, 0.5) is 0 Å². The number of aryl methyl sites for hydroxylation is 1. The topological polar surface area (TPSA) is 41.5 Å². The summed E-state index contributed by atoms with van der Waals surface area (Å²) < 4.78 is 5.82. The minimum atomic E-state index is 0.246. The lowest BCUT2D eigenvalue weighted by molar-refractivity contribution is 0.224. The van der Waals surface area contributed by atoms with Gasteiger partial charge in [-0.1, -0.05) is 17.7 Å². The number of aliphatic hydroxyl groups excluding tert-OH is 1. The fourth-order valence-corrected chi connectivity index (χ4v) is 2.03. The molecule has 0 aliphatic carbocycles. The molecule has 3 heteroatoms. The molecule has 1 aromatic rings. The number of ether oxygens (including phenoxy) is 1. The molecule has 2 rings (SSSR count). The number of rotatable bonds is 5. The summed E-state index contributed by atoms with van der Waals surface area (Å²) in [7, 11) is 0. The zero-order valence-corrected chi connectivity index (χ0v) is 9.70. The summed E-state index contributed by atoms with van der Waals surface area (Å²) in [5, 5.41) is 12.0. The minimum Gasteiger partial charge on any atom is -0.488 e. The van der Waals surface area contributed by atoms with Crippen LogP contribution in [0.2, 0.25) is 0 Å². The van der Waals surface area contributed by atoms with Crippen LogP contribution in [0.5, 0.6) is 5.75 Å². The van der Waals surface area contributed by atoms with Crippen molar-refractivity contribution in [3.05, 3.63) is 29.3 Å². The van der Waals surface area contributed by atoms with E-state index in [2.05, 4.69) is 30.4 Å². The zero-order chi connectivity index (χ0) is 11.4. The van der Waals surface area contributed by atoms with Crippen molar-refractivity contribution >= 4 is 0 Å². The molecule has 88 valence electrons. The normalized spacial score (nSPS) is 18.2. The van der Waals surface area contributed by atoms with E-state index >= 15 is 0 Å². The van der Waals surface area contributed by atoms with Crippen LogP contribution in [0, 0.1) is 6.92 Å². The predicted octanol–water partition coefficient (Wildman–Crippen LogP) is 1.27. The monoisotopic (exact) mass is 221 g/mol. The molecular weight excluding hydrogens is 202 g/mol. The first-order valence-electron chi connectivity index (χ1n) is 5.87. The molecule has 0 amide bonds. The standard InChI is InChI=1S/C13H19NO2/c1-10-3-4-13-11(7-10)8-12(16-13)9-14-5-2-6-15/h3-4,7,12,14-15H,2,5-6,8-9H2,1H3. The van der Waals surface area contributed by atoms with Crippen molar-refractivity contribution in [2.24, 2.45) is 0 Å². The Hall–Kier alpha value is -1.06. The molecule has 1 heterocycles. The zero-order valence-electron chi connectivity index (χ0n) is 9.70. The Morgan fingerprint density at radius 2 is 2.38 bits per heavy atom. The lowest BCUT2D eigenvalue weighted by Gasteiger charge is -2.11. The number of benzene rings is 1. The summed E-state index contributed by atoms with van der Waals surface area (Å²) in [6, 6.07) is 6.34. The lowest BCUT2D eigenvalue weighted by Crippen LogP contribution is -2.30. The van der Waals surface area contributed by atoms with Gasteiger partial charge in [-0.25, -0.2) is 0 Å². The van der Waals surface area contributed by atoms with Crippen LogP contribution in [0.3, 0.4) is 0 Å². The Morgan fingerprint density at radius 3 is 3.19 bits per heavy atom. The maximum atomic E-state index is 8.66. The lowest BCUT2D eigenvalue weighted by atomic mass is 10.1. The van der Waals surface area contributed by atoms with Crippen LogP contribution in [0.15, 0.2) is 18.2 Å². The number of hydrogen-bond donors (Lipinski definition) is 2. The molecule has 16 heavy (non-hydrogen) atoms. The second kappa shape index (κ2) is 5.32. The summed E-state index contributed by atoms with van der Waals surface area (Å²) in [6.45, 7) is 4.06. The van der Waals surface area contributed by atoms with E-state index in [1.54, 1.807) is 0 Å². The third kappa shape index (κ3) is 2.74. The Bertz CT molecular complexity index is 352. The first-order valence-corrected chi connectivity index (χ1v) is 5.87. The highest BCUT2D eigenvalue weighted by molar-refractivity contribution is 5.40. The van der Waals surface area contributed by atoms with Crippen molar-refractivity contribution in [3.63, 3.8) is 0 Å². The van der Waals surface area contributed by atoms with E-state index < -0.39 is 0 Å². The molecule has 1 aliphatic rings. The molecule has 0 saturated carbocycles. The molecule has 1 aliphatic heterocycles. The van der Waals surface area contributed by atoms with Crippen molar-refractivity contribution in [2.45, 2.75) is 25.9 Å². The van der Waals surface area contributed by atoms with E-state index in [0.717, 1.165) is 31.7 Å². The average molecular weight is 221 g/mol. The van der Waals surface area contributed by atoms with Crippen LogP contribution in [0.1, 0.15) is 17.5 Å². The molecule has 3 nitrogen and oxygen atoms in total. The fraction of sp³-hybridized carbons (Fsp3) is 0.538. The van der Waals surface area contributed by atoms with Crippen LogP contribution in [-0.2, 0) is 6.42 Å². The highest BCUT2D eigenvalue weighted by Crippen LogP contribution is 2.29. The van der Waals surface area contributed by atoms with Gasteiger partial charge in [-0.05, 0) is 31.5 Å². The molecule has 2 N–H and O–H groups in total. The van der Waals surface area contributed by atoms with E-state index in [0.29, 0.717) is 0 Å². The Kier molecular flexibility index (Phi) is 3.80. The van der Waals surface area contributed by atoms with Gasteiger partial charge in [0.25, 0.3) is 0 Å². The quantitative estimate of drug-likeness (QED) is 0.736. The summed E-state index contributed by atoms with van der Waals surface area (Å²) in [5.74, 6) is 1.03. The summed E-state index contributed by atoms with van der Waals surface area (Å²) in [6.07, 6.45) is 2.04. The highest BCUT2D eigenvalue weighted by atomic mass is 16.5. The van der Waals surface area contributed by atoms with E-state index in [-0.39, 0.29) is 12.7 Å². The maximum absolute atomic E-state index is 8.66. The Balaban J connectivity index is 1.81. The molecule has 0 aromatic heterocycles. The van der Waals surface area contributed by atoms with Gasteiger partial charge in [0.15, 0.2) is 0 Å². The number of fused-ring (bicyclic) bond motifs is 1. The first kappa shape index (κ1) is 11.4. The van der Waals surface area contributed by atoms with Crippen LogP contribution < -0.4 is 10.1 Å². The molecule has 0 spiro atoms. The summed E-state index contributed by atoms with van der Waals surface area (Å²) in [5.41, 5.74) is 2.60. The van der Waals surface area contributed by atoms with Gasteiger partial charge in [-0.3, -0.25) is 0 Å². The van der Waals surface area contributed by atoms with Gasteiger partial charge in [0.2, 0.25) is 0 Å². The molecule has 0 radical (unpaired) electrons. The van der Waals surface area contributed by atoms with Crippen molar-refractivity contribution in [1.29, 1.82) is 0 Å². The molecule has 0 bridgehead atoms. The predicted molar refractivity (Wildman–Crippen MR) is 63.9 cm³/mol. The van der Waals surface area contributed by atoms with Crippen LogP contribution in [0.25, 0.3) is 0 Å². The fourth-order valence-electron chi connectivity index (χ4n) is 2.03. The molecule has 1 aromatic carbocycles. The summed E-state index contributed by atoms with van der Waals surface area (Å²) in [4.78, 5) is 0. The Morgan fingerprint density at radius 1 is 1.50 bits per heavy atom. The third-order valence-corrected chi connectivity index (χ3v) is 2.84. The van der Waals surface area contributed by atoms with Gasteiger partial charge >= 0.3 is 0 Å². The van der Waals surface area contributed by atoms with Crippen molar-refractivity contribution in [2.75, 3.05) is 19.7 Å². The van der Waals surface area contributed by atoms with Crippen LogP contribution >= 0.6 is 0 Å². The van der Waals surface area contributed by atoms with Gasteiger partial charge < -0.3 is 15.2 Å². The van der Waals surface area contributed by atoms with Gasteiger partial charge in [-0.15, -0.1) is 0 Å². The van der Waals surface area contributed by atoms with Crippen molar-refractivity contribution < 1.29 is 9.84 Å². The molecule has 0 fully saturated rings. The molecular formula is C13H19NO2. The number of aliphatic hydroxyl groups is 1. The van der Waals surface area contributed by atoms with E-state index in [9.17, 15) is 0 Å². The number of hydrogen-bond acceptors (Lipinski definition) is 3. The van der Waals surface area contributed by atoms with E-state index in [4.69, 9.17) is 9.84 Å². The van der Waals surface area contributed by atoms with E-state index in [1.807, 2.05) is 0 Å². The highest BCUT2D eigenvalue weighted by Gasteiger charge is 2.21. The smallest absolute Gasteiger partial charge is 0.123 e. The molecule has 1 unspecified atom stereocenters. The SMILES string of the molecule is Cc1ccc2c(c1)CC(CNCCCO)O2. The summed E-state index contributed by atoms with van der Waals surface area (Å²) >= 11 is 0. The minimum absolute atomic E-state index is 0.246. The number of nitrogens with one attached hydrogen (secondary N) is 1. The van der Waals surface area contributed by atoms with E-state index in [1.165, 1.54) is 11.1 Å². The second-order valence-electron chi connectivity index (χ2n) is 4.34. The van der Waals surface area contributed by atoms with Gasteiger partial charge in [-0.2, -0.15) is 0 Å². The Labute approximate surface area is 96.4 Å². The second-order valence-corrected chi connectivity index (χ2v) is 4.34. The van der Waals surface area contributed by atoms with Gasteiger partial charge in [0, 0.05) is 19.6 Å². The third-order valence-electron chi connectivity index (χ3n) is 2.84. The largest absolute Gasteiger partial charge is 0.488 e. The van der Waals surface area contributed by atoms with Crippen molar-refractivity contribution in [3.8, 4) is 5.75 Å². The maximum Gasteiger partial charge on any atom is 0.123 e.